The third-order valence-electron chi connectivity index (χ3n) is 5.63. The molecule has 0 spiro atoms. The summed E-state index contributed by atoms with van der Waals surface area (Å²) in [4.78, 5) is 2.65. The highest BCUT2D eigenvalue weighted by atomic mass is 16.5. The number of aryl methyl sites for hydroxylation is 1. The Morgan fingerprint density at radius 3 is 2.12 bits per heavy atom. The van der Waals surface area contributed by atoms with E-state index in [2.05, 4.69) is 29.3 Å². The molecular formula is C20H32N2O2. The minimum Gasteiger partial charge on any atom is -0.496 e. The number of methoxy groups -OCH3 is 2. The maximum absolute atomic E-state index is 5.81. The van der Waals surface area contributed by atoms with Gasteiger partial charge in [0.05, 0.1) is 19.8 Å². The van der Waals surface area contributed by atoms with Crippen LogP contribution in [0.25, 0.3) is 0 Å². The highest BCUT2D eigenvalue weighted by molar-refractivity contribution is 5.50. The number of hydrogen-bond acceptors (Lipinski definition) is 4. The van der Waals surface area contributed by atoms with Gasteiger partial charge in [-0.25, -0.2) is 0 Å². The predicted octanol–water partition coefficient (Wildman–Crippen LogP) is 3.54. The molecule has 1 aliphatic heterocycles. The molecule has 0 unspecified atom stereocenters. The first kappa shape index (κ1) is 17.6. The molecular weight excluding hydrogens is 300 g/mol. The molecule has 2 fully saturated rings. The van der Waals surface area contributed by atoms with Gasteiger partial charge in [0, 0.05) is 32.2 Å². The van der Waals surface area contributed by atoms with Crippen LogP contribution in [0.2, 0.25) is 0 Å². The molecule has 0 radical (unpaired) electrons. The number of piperazine rings is 1. The minimum atomic E-state index is 0.401. The van der Waals surface area contributed by atoms with E-state index in [1.165, 1.54) is 43.2 Å². The van der Waals surface area contributed by atoms with Gasteiger partial charge in [0.2, 0.25) is 0 Å². The number of ether oxygens (including phenoxy) is 2. The molecule has 1 heterocycles. The lowest BCUT2D eigenvalue weighted by Crippen LogP contribution is -2.47. The third-order valence-corrected chi connectivity index (χ3v) is 5.63. The van der Waals surface area contributed by atoms with Crippen LogP contribution in [-0.2, 0) is 0 Å². The Morgan fingerprint density at radius 2 is 1.58 bits per heavy atom. The average Bonchev–Trinajstić information content (AvgIpc) is 2.64. The molecule has 1 aromatic rings. The molecule has 4 nitrogen and oxygen atoms in total. The SMILES string of the molecule is COc1cc(C)cc(OC)c1[C@@H](C1CCCCC1)N1CCNCC1. The topological polar surface area (TPSA) is 33.7 Å². The second kappa shape index (κ2) is 8.21. The molecule has 3 rings (SSSR count). The average molecular weight is 332 g/mol. The van der Waals surface area contributed by atoms with Gasteiger partial charge in [0.15, 0.2) is 0 Å². The van der Waals surface area contributed by atoms with Crippen LogP contribution in [0.15, 0.2) is 12.1 Å². The zero-order chi connectivity index (χ0) is 16.9. The van der Waals surface area contributed by atoms with Crippen molar-refractivity contribution < 1.29 is 9.47 Å². The number of nitrogens with zero attached hydrogens (tertiary/aromatic N) is 1. The first-order valence-electron chi connectivity index (χ1n) is 9.42. The van der Waals surface area contributed by atoms with Crippen molar-refractivity contribution in [3.05, 3.63) is 23.3 Å². The molecule has 0 bridgehead atoms. The van der Waals surface area contributed by atoms with Crippen molar-refractivity contribution in [1.29, 1.82) is 0 Å². The van der Waals surface area contributed by atoms with Crippen molar-refractivity contribution in [1.82, 2.24) is 10.2 Å². The van der Waals surface area contributed by atoms with Crippen LogP contribution in [0.1, 0.15) is 49.3 Å². The summed E-state index contributed by atoms with van der Waals surface area (Å²) in [6.07, 6.45) is 6.71. The van der Waals surface area contributed by atoms with Crippen molar-refractivity contribution in [3.8, 4) is 11.5 Å². The summed E-state index contributed by atoms with van der Waals surface area (Å²) in [6.45, 7) is 6.44. The number of hydrogen-bond donors (Lipinski definition) is 1. The van der Waals surface area contributed by atoms with Gasteiger partial charge in [-0.3, -0.25) is 4.90 Å². The van der Waals surface area contributed by atoms with Crippen LogP contribution in [0.3, 0.4) is 0 Å². The first-order valence-corrected chi connectivity index (χ1v) is 9.42. The van der Waals surface area contributed by atoms with Crippen molar-refractivity contribution >= 4 is 0 Å². The fourth-order valence-electron chi connectivity index (χ4n) is 4.49. The smallest absolute Gasteiger partial charge is 0.127 e. The summed E-state index contributed by atoms with van der Waals surface area (Å²) >= 11 is 0. The van der Waals surface area contributed by atoms with Gasteiger partial charge in [-0.2, -0.15) is 0 Å². The van der Waals surface area contributed by atoms with Gasteiger partial charge in [-0.15, -0.1) is 0 Å². The highest BCUT2D eigenvalue weighted by Crippen LogP contribution is 2.46. The summed E-state index contributed by atoms with van der Waals surface area (Å²) in [6, 6.07) is 4.73. The molecule has 4 heteroatoms. The third kappa shape index (κ3) is 3.70. The van der Waals surface area contributed by atoms with Crippen molar-refractivity contribution in [2.45, 2.75) is 45.1 Å². The van der Waals surface area contributed by atoms with Crippen LogP contribution in [0, 0.1) is 12.8 Å². The summed E-state index contributed by atoms with van der Waals surface area (Å²) in [5, 5.41) is 3.49. The van der Waals surface area contributed by atoms with Crippen LogP contribution in [0.4, 0.5) is 0 Å². The largest absolute Gasteiger partial charge is 0.496 e. The van der Waals surface area contributed by atoms with Gasteiger partial charge in [-0.1, -0.05) is 19.3 Å². The Morgan fingerprint density at radius 1 is 1.00 bits per heavy atom. The maximum Gasteiger partial charge on any atom is 0.127 e. The molecule has 2 aliphatic rings. The monoisotopic (exact) mass is 332 g/mol. The quantitative estimate of drug-likeness (QED) is 0.894. The molecule has 1 saturated heterocycles. The number of rotatable bonds is 5. The lowest BCUT2D eigenvalue weighted by Gasteiger charge is -2.42. The molecule has 1 aliphatic carbocycles. The van der Waals surface area contributed by atoms with Gasteiger partial charge in [0.1, 0.15) is 11.5 Å². The van der Waals surface area contributed by atoms with E-state index >= 15 is 0 Å². The number of nitrogens with one attached hydrogen (secondary N) is 1. The van der Waals surface area contributed by atoms with Crippen molar-refractivity contribution in [2.24, 2.45) is 5.92 Å². The molecule has 1 saturated carbocycles. The summed E-state index contributed by atoms with van der Waals surface area (Å²) in [5.41, 5.74) is 2.45. The Balaban J connectivity index is 2.03. The molecule has 0 aromatic heterocycles. The Kier molecular flexibility index (Phi) is 6.01. The van der Waals surface area contributed by atoms with Crippen molar-refractivity contribution in [3.63, 3.8) is 0 Å². The molecule has 1 atom stereocenters. The van der Waals surface area contributed by atoms with E-state index < -0.39 is 0 Å². The van der Waals surface area contributed by atoms with Crippen molar-refractivity contribution in [2.75, 3.05) is 40.4 Å². The van der Waals surface area contributed by atoms with E-state index in [1.54, 1.807) is 14.2 Å². The Hall–Kier alpha value is -1.26. The first-order chi connectivity index (χ1) is 11.7. The lowest BCUT2D eigenvalue weighted by atomic mass is 9.79. The summed E-state index contributed by atoms with van der Waals surface area (Å²) in [5.74, 6) is 2.67. The Labute approximate surface area is 146 Å². The molecule has 0 amide bonds. The minimum absolute atomic E-state index is 0.401. The second-order valence-corrected chi connectivity index (χ2v) is 7.21. The van der Waals surface area contributed by atoms with E-state index in [-0.39, 0.29) is 0 Å². The fourth-order valence-corrected chi connectivity index (χ4v) is 4.49. The van der Waals surface area contributed by atoms with Gasteiger partial charge in [0.25, 0.3) is 0 Å². The zero-order valence-corrected chi connectivity index (χ0v) is 15.4. The second-order valence-electron chi connectivity index (χ2n) is 7.21. The van der Waals surface area contributed by atoms with Gasteiger partial charge in [-0.05, 0) is 43.4 Å². The van der Waals surface area contributed by atoms with E-state index in [0.717, 1.165) is 37.7 Å². The number of benzene rings is 1. The van der Waals surface area contributed by atoms with E-state index in [9.17, 15) is 0 Å². The molecule has 134 valence electrons. The van der Waals surface area contributed by atoms with E-state index in [0.29, 0.717) is 12.0 Å². The zero-order valence-electron chi connectivity index (χ0n) is 15.4. The van der Waals surface area contributed by atoms with Crippen LogP contribution < -0.4 is 14.8 Å². The standard InChI is InChI=1S/C20H32N2O2/c1-15-13-17(23-2)19(18(14-15)24-3)20(16-7-5-4-6-8-16)22-11-9-21-10-12-22/h13-14,16,20-21H,4-12H2,1-3H3/t20-/m1/s1. The highest BCUT2D eigenvalue weighted by Gasteiger charge is 2.35. The molecule has 24 heavy (non-hydrogen) atoms. The van der Waals surface area contributed by atoms with E-state index in [1.807, 2.05) is 0 Å². The maximum atomic E-state index is 5.81. The Bertz CT molecular complexity index is 491. The van der Waals surface area contributed by atoms with Crippen LogP contribution in [-0.4, -0.2) is 45.3 Å². The summed E-state index contributed by atoms with van der Waals surface area (Å²) in [7, 11) is 3.57. The lowest BCUT2D eigenvalue weighted by molar-refractivity contribution is 0.0990. The molecule has 1 aromatic carbocycles. The van der Waals surface area contributed by atoms with Gasteiger partial charge < -0.3 is 14.8 Å². The molecule has 1 N–H and O–H groups in total. The van der Waals surface area contributed by atoms with Crippen LogP contribution >= 0.6 is 0 Å². The van der Waals surface area contributed by atoms with E-state index in [4.69, 9.17) is 9.47 Å². The van der Waals surface area contributed by atoms with Gasteiger partial charge >= 0.3 is 0 Å². The van der Waals surface area contributed by atoms with Crippen LogP contribution in [0.5, 0.6) is 11.5 Å². The predicted molar refractivity (Wildman–Crippen MR) is 98.0 cm³/mol. The summed E-state index contributed by atoms with van der Waals surface area (Å²) < 4.78 is 11.6. The normalized spacial score (nSPS) is 21.5. The fraction of sp³-hybridized carbons (Fsp3) is 0.700.